The molecule has 7 heteroatoms. The van der Waals surface area contributed by atoms with Gasteiger partial charge in [-0.3, -0.25) is 0 Å². The Balaban J connectivity index is 0. The predicted molar refractivity (Wildman–Crippen MR) is 2.75 cm³/mol. The molecule has 0 heterocycles. The van der Waals surface area contributed by atoms with Gasteiger partial charge in [-0.25, -0.2) is 0 Å². The Morgan fingerprint density at radius 1 is 0.429 bits per heavy atom. The molecule has 0 amide bonds. The molecule has 0 aliphatic rings. The van der Waals surface area contributed by atoms with Crippen LogP contribution in [0, 0.1) is 0 Å². The molecule has 0 radical (unpaired) electrons. The Kier molecular flexibility index (Phi) is 1170. The minimum absolute atomic E-state index is 0. The van der Waals surface area contributed by atoms with Crippen LogP contribution in [-0.2, 0) is 43.0 Å². The van der Waals surface area contributed by atoms with Crippen molar-refractivity contribution >= 4 is 0 Å². The Bertz CT molecular complexity index is 9.65. The summed E-state index contributed by atoms with van der Waals surface area (Å²) in [6, 6.07) is 0. The minimum atomic E-state index is 0. The molecule has 0 aromatic heterocycles. The Morgan fingerprint density at radius 3 is 0.429 bits per heavy atom. The second-order valence-electron chi connectivity index (χ2n) is 0. The van der Waals surface area contributed by atoms with E-state index in [4.69, 9.17) is 0 Å². The summed E-state index contributed by atoms with van der Waals surface area (Å²) in [7, 11) is 0. The summed E-state index contributed by atoms with van der Waals surface area (Å²) in [5.74, 6) is 0. The van der Waals surface area contributed by atoms with Crippen LogP contribution < -0.4 is 59.1 Å². The summed E-state index contributed by atoms with van der Waals surface area (Å²) in [4.78, 5) is 0. The second-order valence-corrected chi connectivity index (χ2v) is 0. The summed E-state index contributed by atoms with van der Waals surface area (Å²) in [6.07, 6.45) is 0. The Morgan fingerprint density at radius 2 is 0.429 bits per heavy atom. The molecule has 0 rings (SSSR count). The molecule has 7 heavy (non-hydrogen) atoms. The normalized spacial score (nSPS) is 0. The van der Waals surface area contributed by atoms with E-state index in [-0.39, 0.29) is 102 Å². The fraction of sp³-hybridized carbons (Fsp3) is 0. The zero-order chi connectivity index (χ0) is 0. The zero-order valence-corrected chi connectivity index (χ0v) is 11.0. The van der Waals surface area contributed by atoms with Crippen LogP contribution in [0.3, 0.4) is 0 Å². The van der Waals surface area contributed by atoms with E-state index in [9.17, 15) is 0 Å². The van der Waals surface area contributed by atoms with Gasteiger partial charge in [-0.15, -0.1) is 0 Å². The van der Waals surface area contributed by atoms with Crippen molar-refractivity contribution in [2.24, 2.45) is 0 Å². The molecule has 0 bridgehead atoms. The van der Waals surface area contributed by atoms with Gasteiger partial charge in [0.25, 0.3) is 0 Å². The van der Waals surface area contributed by atoms with Crippen LogP contribution in [0.25, 0.3) is 0 Å². The molecule has 0 spiro atoms. The summed E-state index contributed by atoms with van der Waals surface area (Å²) < 4.78 is 0. The SMILES string of the molecule is [Na+].[Na+].[O-2].[O-2].[O-2].[O-2].[W+6]. The molecular weight excluding hydrogens is 294 g/mol. The van der Waals surface area contributed by atoms with E-state index < -0.39 is 0 Å². The third-order valence-corrected chi connectivity index (χ3v) is 0. The van der Waals surface area contributed by atoms with Gasteiger partial charge in [0, 0.05) is 0 Å². The summed E-state index contributed by atoms with van der Waals surface area (Å²) in [5.41, 5.74) is 0. The molecule has 0 saturated carbocycles. The van der Waals surface area contributed by atoms with E-state index in [1.807, 2.05) is 0 Å². The Hall–Kier alpha value is 2.53. The van der Waals surface area contributed by atoms with Crippen LogP contribution >= 0.6 is 0 Å². The van der Waals surface area contributed by atoms with Gasteiger partial charge in [-0.05, 0) is 0 Å². The monoisotopic (exact) mass is 294 g/mol. The van der Waals surface area contributed by atoms with Crippen molar-refractivity contribution < 1.29 is 102 Å². The average Bonchev–Trinajstić information content (AvgIpc) is 0. The maximum atomic E-state index is 0. The summed E-state index contributed by atoms with van der Waals surface area (Å²) in [6.45, 7) is 0. The van der Waals surface area contributed by atoms with Crippen LogP contribution in [0.2, 0.25) is 0 Å². The van der Waals surface area contributed by atoms with Crippen molar-refractivity contribution in [3.05, 3.63) is 0 Å². The van der Waals surface area contributed by atoms with E-state index in [1.165, 1.54) is 0 Å². The first-order valence-corrected chi connectivity index (χ1v) is 0. The molecule has 4 nitrogen and oxygen atoms in total. The molecule has 0 aliphatic carbocycles. The van der Waals surface area contributed by atoms with Crippen LogP contribution in [0.5, 0.6) is 0 Å². The van der Waals surface area contributed by atoms with Crippen molar-refractivity contribution in [1.29, 1.82) is 0 Å². The fourth-order valence-corrected chi connectivity index (χ4v) is 0. The Labute approximate surface area is 101 Å². The van der Waals surface area contributed by atoms with Crippen molar-refractivity contribution in [3.8, 4) is 0 Å². The summed E-state index contributed by atoms with van der Waals surface area (Å²) in [5, 5.41) is 0. The van der Waals surface area contributed by atoms with Crippen molar-refractivity contribution in [2.75, 3.05) is 0 Å². The fourth-order valence-electron chi connectivity index (χ4n) is 0. The number of rotatable bonds is 0. The third-order valence-electron chi connectivity index (χ3n) is 0. The molecule has 0 saturated heterocycles. The largest absolute Gasteiger partial charge is 6.00 e. The second kappa shape index (κ2) is 75.6. The van der Waals surface area contributed by atoms with Gasteiger partial charge in [-0.1, -0.05) is 0 Å². The summed E-state index contributed by atoms with van der Waals surface area (Å²) >= 11 is 0. The topological polar surface area (TPSA) is 114 Å². The maximum absolute atomic E-state index is 0. The first-order chi connectivity index (χ1) is 0. The van der Waals surface area contributed by atoms with Crippen molar-refractivity contribution in [2.45, 2.75) is 0 Å². The van der Waals surface area contributed by atoms with E-state index in [0.29, 0.717) is 0 Å². The smallest absolute Gasteiger partial charge is 2.00 e. The molecule has 0 unspecified atom stereocenters. The molecule has 0 aliphatic heterocycles. The molecule has 0 N–H and O–H groups in total. The number of hydrogen-bond donors (Lipinski definition) is 0. The zero-order valence-electron chi connectivity index (χ0n) is 4.04. The van der Waals surface area contributed by atoms with Gasteiger partial charge in [0.1, 0.15) is 0 Å². The van der Waals surface area contributed by atoms with Crippen LogP contribution in [0.1, 0.15) is 0 Å². The predicted octanol–water partition coefficient (Wildman–Crippen LogP) is -6.47. The average molecular weight is 294 g/mol. The van der Waals surface area contributed by atoms with Gasteiger partial charge >= 0.3 is 80.2 Å². The van der Waals surface area contributed by atoms with Crippen LogP contribution in [0.4, 0.5) is 0 Å². The van der Waals surface area contributed by atoms with Crippen molar-refractivity contribution in [1.82, 2.24) is 0 Å². The van der Waals surface area contributed by atoms with Gasteiger partial charge in [0.15, 0.2) is 0 Å². The van der Waals surface area contributed by atoms with E-state index in [0.717, 1.165) is 0 Å². The van der Waals surface area contributed by atoms with Gasteiger partial charge in [-0.2, -0.15) is 0 Å². The molecule has 0 fully saturated rings. The van der Waals surface area contributed by atoms with Crippen molar-refractivity contribution in [3.63, 3.8) is 0 Å². The van der Waals surface area contributed by atoms with Crippen LogP contribution in [0.15, 0.2) is 0 Å². The molecule has 0 aromatic rings. The first kappa shape index (κ1) is 108. The first-order valence-electron chi connectivity index (χ1n) is 0. The van der Waals surface area contributed by atoms with E-state index >= 15 is 0 Å². The van der Waals surface area contributed by atoms with E-state index in [1.54, 1.807) is 0 Å². The molecule has 0 atom stereocenters. The molecule has 0 aromatic carbocycles. The molecular formula is Na2O4W. The van der Waals surface area contributed by atoms with Crippen LogP contribution in [-0.4, -0.2) is 0 Å². The van der Waals surface area contributed by atoms with E-state index in [2.05, 4.69) is 0 Å². The van der Waals surface area contributed by atoms with Gasteiger partial charge in [0.2, 0.25) is 0 Å². The minimum Gasteiger partial charge on any atom is -2.00 e. The molecule has 32 valence electrons. The third kappa shape index (κ3) is 56.9. The van der Waals surface area contributed by atoms with Gasteiger partial charge in [0.05, 0.1) is 0 Å². The standard InChI is InChI=1S/2Na.4O.W/q2*+1;4*-2;+6. The number of hydrogen-bond acceptors (Lipinski definition) is 0. The quantitative estimate of drug-likeness (QED) is 0.395. The maximum Gasteiger partial charge on any atom is 6.00 e. The van der Waals surface area contributed by atoms with Gasteiger partial charge < -0.3 is 21.9 Å².